The third-order valence-corrected chi connectivity index (χ3v) is 6.30. The van der Waals surface area contributed by atoms with Gasteiger partial charge in [-0.15, -0.1) is 0 Å². The molecule has 130 valence electrons. The van der Waals surface area contributed by atoms with Gasteiger partial charge in [-0.2, -0.15) is 13.2 Å². The molecule has 4 aliphatic carbocycles. The molecule has 0 unspecified atom stereocenters. The molecular formula is C19H22F3NO. The van der Waals surface area contributed by atoms with E-state index < -0.39 is 12.1 Å². The van der Waals surface area contributed by atoms with Crippen molar-refractivity contribution >= 4 is 5.91 Å². The lowest BCUT2D eigenvalue weighted by atomic mass is 9.51. The predicted octanol–water partition coefficient (Wildman–Crippen LogP) is 4.40. The number of rotatable bonds is 3. The van der Waals surface area contributed by atoms with Gasteiger partial charge in [-0.1, -0.05) is 24.3 Å². The molecule has 0 spiro atoms. The van der Waals surface area contributed by atoms with E-state index in [2.05, 4.69) is 12.1 Å². The maximum atomic E-state index is 12.2. The molecule has 5 rings (SSSR count). The summed E-state index contributed by atoms with van der Waals surface area (Å²) < 4.78 is 36.6. The first-order chi connectivity index (χ1) is 11.4. The average molecular weight is 337 g/mol. The van der Waals surface area contributed by atoms with Gasteiger partial charge in [0, 0.05) is 6.54 Å². The second kappa shape index (κ2) is 5.78. The fourth-order valence-electron chi connectivity index (χ4n) is 5.61. The molecule has 2 nitrogen and oxygen atoms in total. The average Bonchev–Trinajstić information content (AvgIpc) is 2.52. The molecule has 1 aromatic rings. The Morgan fingerprint density at radius 2 is 1.50 bits per heavy atom. The van der Waals surface area contributed by atoms with Crippen molar-refractivity contribution in [2.45, 2.75) is 50.7 Å². The molecule has 1 amide bonds. The number of benzene rings is 1. The van der Waals surface area contributed by atoms with Crippen molar-refractivity contribution in [1.82, 2.24) is 5.32 Å². The fourth-order valence-corrected chi connectivity index (χ4v) is 5.61. The van der Waals surface area contributed by atoms with E-state index in [9.17, 15) is 18.0 Å². The van der Waals surface area contributed by atoms with E-state index >= 15 is 0 Å². The molecule has 4 fully saturated rings. The molecule has 1 N–H and O–H groups in total. The smallest absolute Gasteiger partial charge is 0.344 e. The first kappa shape index (κ1) is 16.0. The van der Waals surface area contributed by atoms with Crippen LogP contribution in [0.4, 0.5) is 13.2 Å². The van der Waals surface area contributed by atoms with Crippen LogP contribution in [0.25, 0.3) is 0 Å². The second-order valence-electron chi connectivity index (χ2n) is 7.88. The van der Waals surface area contributed by atoms with Gasteiger partial charge in [-0.05, 0) is 72.8 Å². The molecule has 0 radical (unpaired) electrons. The Balaban J connectivity index is 1.42. The van der Waals surface area contributed by atoms with E-state index in [1.165, 1.54) is 37.7 Å². The Kier molecular flexibility index (Phi) is 3.85. The standard InChI is InChI=1S/C19H22F3NO/c20-19(21,22)18(24)23-10-11-1-3-14(4-2-11)17-15-6-12-5-13(8-15)9-16(17)7-12/h1-4,12-13,15-17H,5-10H2,(H,23,24). The number of nitrogens with one attached hydrogen (secondary N) is 1. The third kappa shape index (κ3) is 2.93. The van der Waals surface area contributed by atoms with Crippen LogP contribution in [0.1, 0.15) is 49.1 Å². The zero-order valence-corrected chi connectivity index (χ0v) is 13.5. The summed E-state index contributed by atoms with van der Waals surface area (Å²) in [6, 6.07) is 7.83. The van der Waals surface area contributed by atoms with Crippen molar-refractivity contribution in [3.63, 3.8) is 0 Å². The Morgan fingerprint density at radius 3 is 2.00 bits per heavy atom. The molecule has 1 aromatic carbocycles. The van der Waals surface area contributed by atoms with Crippen LogP contribution in [0, 0.1) is 23.7 Å². The highest BCUT2D eigenvalue weighted by atomic mass is 19.4. The van der Waals surface area contributed by atoms with Crippen LogP contribution in [-0.2, 0) is 11.3 Å². The van der Waals surface area contributed by atoms with Crippen LogP contribution in [0.3, 0.4) is 0 Å². The summed E-state index contributed by atoms with van der Waals surface area (Å²) in [5.41, 5.74) is 2.04. The molecule has 0 heterocycles. The second-order valence-corrected chi connectivity index (χ2v) is 7.88. The third-order valence-electron chi connectivity index (χ3n) is 6.30. The van der Waals surface area contributed by atoms with E-state index in [1.54, 1.807) is 0 Å². The van der Waals surface area contributed by atoms with Crippen LogP contribution < -0.4 is 5.32 Å². The minimum absolute atomic E-state index is 0.0830. The Bertz CT molecular complexity index is 594. The maximum absolute atomic E-state index is 12.2. The molecular weight excluding hydrogens is 315 g/mol. The topological polar surface area (TPSA) is 29.1 Å². The Labute approximate surface area is 139 Å². The number of hydrogen-bond donors (Lipinski definition) is 1. The van der Waals surface area contributed by atoms with E-state index in [4.69, 9.17) is 0 Å². The SMILES string of the molecule is O=C(NCc1ccc(C2C3CC4CC(C3)CC2C4)cc1)C(F)(F)F. The summed E-state index contributed by atoms with van der Waals surface area (Å²) in [7, 11) is 0. The van der Waals surface area contributed by atoms with Gasteiger partial charge >= 0.3 is 12.1 Å². The predicted molar refractivity (Wildman–Crippen MR) is 84.1 cm³/mol. The molecule has 24 heavy (non-hydrogen) atoms. The molecule has 4 bridgehead atoms. The number of carbonyl (C=O) groups excluding carboxylic acids is 1. The molecule has 0 saturated heterocycles. The quantitative estimate of drug-likeness (QED) is 0.870. The normalized spacial score (nSPS) is 34.4. The van der Waals surface area contributed by atoms with Crippen LogP contribution in [-0.4, -0.2) is 12.1 Å². The van der Waals surface area contributed by atoms with Crippen LogP contribution in [0.15, 0.2) is 24.3 Å². The first-order valence-corrected chi connectivity index (χ1v) is 8.84. The molecule has 0 aliphatic heterocycles. The van der Waals surface area contributed by atoms with Crippen LogP contribution in [0.2, 0.25) is 0 Å². The van der Waals surface area contributed by atoms with Gasteiger partial charge in [0.15, 0.2) is 0 Å². The van der Waals surface area contributed by atoms with Crippen molar-refractivity contribution in [3.05, 3.63) is 35.4 Å². The van der Waals surface area contributed by atoms with Gasteiger partial charge in [0.2, 0.25) is 0 Å². The van der Waals surface area contributed by atoms with E-state index in [0.29, 0.717) is 11.5 Å². The number of halogens is 3. The van der Waals surface area contributed by atoms with Crippen molar-refractivity contribution in [2.24, 2.45) is 23.7 Å². The van der Waals surface area contributed by atoms with Crippen molar-refractivity contribution in [2.75, 3.05) is 0 Å². The van der Waals surface area contributed by atoms with Gasteiger partial charge in [-0.25, -0.2) is 0 Å². The van der Waals surface area contributed by atoms with Crippen LogP contribution >= 0.6 is 0 Å². The molecule has 5 heteroatoms. The van der Waals surface area contributed by atoms with Gasteiger partial charge < -0.3 is 5.32 Å². The van der Waals surface area contributed by atoms with Crippen molar-refractivity contribution < 1.29 is 18.0 Å². The lowest BCUT2D eigenvalue weighted by molar-refractivity contribution is -0.173. The summed E-state index contributed by atoms with van der Waals surface area (Å²) in [5.74, 6) is 2.18. The molecule has 0 aromatic heterocycles. The van der Waals surface area contributed by atoms with E-state index in [-0.39, 0.29) is 6.54 Å². The number of carbonyl (C=O) groups is 1. The number of hydrogen-bond acceptors (Lipinski definition) is 1. The van der Waals surface area contributed by atoms with E-state index in [0.717, 1.165) is 23.7 Å². The molecule has 0 atom stereocenters. The van der Waals surface area contributed by atoms with Gasteiger partial charge in [0.25, 0.3) is 0 Å². The lowest BCUT2D eigenvalue weighted by Crippen LogP contribution is -2.43. The zero-order chi connectivity index (χ0) is 16.9. The Morgan fingerprint density at radius 1 is 0.958 bits per heavy atom. The molecule has 4 saturated carbocycles. The zero-order valence-electron chi connectivity index (χ0n) is 13.5. The van der Waals surface area contributed by atoms with Gasteiger partial charge in [0.05, 0.1) is 0 Å². The largest absolute Gasteiger partial charge is 0.471 e. The lowest BCUT2D eigenvalue weighted by Gasteiger charge is -2.54. The fraction of sp³-hybridized carbons (Fsp3) is 0.632. The Hall–Kier alpha value is -1.52. The summed E-state index contributed by atoms with van der Waals surface area (Å²) in [6.07, 6.45) is 2.00. The van der Waals surface area contributed by atoms with Gasteiger partial charge in [-0.3, -0.25) is 4.79 Å². The molecule has 4 aliphatic rings. The summed E-state index contributed by atoms with van der Waals surface area (Å²) in [5, 5.41) is 1.93. The van der Waals surface area contributed by atoms with Gasteiger partial charge in [0.1, 0.15) is 0 Å². The monoisotopic (exact) mass is 337 g/mol. The van der Waals surface area contributed by atoms with Crippen molar-refractivity contribution in [3.8, 4) is 0 Å². The summed E-state index contributed by atoms with van der Waals surface area (Å²) in [6.45, 7) is -0.0830. The highest BCUT2D eigenvalue weighted by Crippen LogP contribution is 2.59. The number of amides is 1. The van der Waals surface area contributed by atoms with Crippen LogP contribution in [0.5, 0.6) is 0 Å². The van der Waals surface area contributed by atoms with Crippen molar-refractivity contribution in [1.29, 1.82) is 0 Å². The minimum atomic E-state index is -4.82. The highest BCUT2D eigenvalue weighted by molar-refractivity contribution is 5.81. The number of alkyl halides is 3. The summed E-state index contributed by atoms with van der Waals surface area (Å²) >= 11 is 0. The minimum Gasteiger partial charge on any atom is -0.344 e. The van der Waals surface area contributed by atoms with E-state index in [1.807, 2.05) is 17.4 Å². The maximum Gasteiger partial charge on any atom is 0.471 e. The first-order valence-electron chi connectivity index (χ1n) is 8.84. The highest BCUT2D eigenvalue weighted by Gasteiger charge is 2.48. The summed E-state index contributed by atoms with van der Waals surface area (Å²) in [4.78, 5) is 10.9.